The quantitative estimate of drug-likeness (QED) is 0.725. The van der Waals surface area contributed by atoms with Crippen molar-refractivity contribution in [3.05, 3.63) is 60.7 Å². The summed E-state index contributed by atoms with van der Waals surface area (Å²) < 4.78 is 0. The molecule has 2 aromatic rings. The summed E-state index contributed by atoms with van der Waals surface area (Å²) in [6, 6.07) is 21.9. The summed E-state index contributed by atoms with van der Waals surface area (Å²) in [6.07, 6.45) is 0. The van der Waals surface area contributed by atoms with E-state index in [-0.39, 0.29) is 7.92 Å². The lowest BCUT2D eigenvalue weighted by molar-refractivity contribution is 0.275. The largest absolute Gasteiger partial charge is 0.308 e. The first-order chi connectivity index (χ1) is 10.6. The van der Waals surface area contributed by atoms with Crippen LogP contribution in [0.4, 0.5) is 0 Å². The second-order valence-corrected chi connectivity index (χ2v) is 8.48. The van der Waals surface area contributed by atoms with Crippen LogP contribution < -0.4 is 10.6 Å². The van der Waals surface area contributed by atoms with Crippen molar-refractivity contribution in [3.63, 3.8) is 0 Å². The highest BCUT2D eigenvalue weighted by Gasteiger charge is 2.23. The highest BCUT2D eigenvalue weighted by Crippen LogP contribution is 2.40. The summed E-state index contributed by atoms with van der Waals surface area (Å²) in [6.45, 7) is 4.54. The van der Waals surface area contributed by atoms with Gasteiger partial charge in [-0.2, -0.15) is 0 Å². The Bertz CT molecular complexity index is 502. The van der Waals surface area contributed by atoms with E-state index in [0.717, 1.165) is 13.1 Å². The summed E-state index contributed by atoms with van der Waals surface area (Å²) >= 11 is 0. The minimum absolute atomic E-state index is 0.375. The summed E-state index contributed by atoms with van der Waals surface area (Å²) in [4.78, 5) is 4.74. The van der Waals surface area contributed by atoms with Crippen molar-refractivity contribution in [2.75, 3.05) is 34.2 Å². The van der Waals surface area contributed by atoms with Crippen LogP contribution in [-0.2, 0) is 0 Å². The molecule has 2 aromatic carbocycles. The molecule has 0 saturated carbocycles. The van der Waals surface area contributed by atoms with Crippen molar-refractivity contribution in [2.24, 2.45) is 0 Å². The minimum atomic E-state index is -0.375. The van der Waals surface area contributed by atoms with Crippen LogP contribution in [0, 0.1) is 0 Å². The SMILES string of the molecule is CC(N(C)CCN(C)C)P(c1ccccc1)c1ccccc1. The highest BCUT2D eigenvalue weighted by atomic mass is 31.1. The fourth-order valence-electron chi connectivity index (χ4n) is 2.50. The number of rotatable bonds is 7. The maximum atomic E-state index is 2.49. The summed E-state index contributed by atoms with van der Waals surface area (Å²) in [5, 5.41) is 2.90. The van der Waals surface area contributed by atoms with Crippen molar-refractivity contribution in [3.8, 4) is 0 Å². The molecule has 1 atom stereocenters. The molecular weight excluding hydrogens is 287 g/mol. The van der Waals surface area contributed by atoms with E-state index in [9.17, 15) is 0 Å². The molecule has 0 N–H and O–H groups in total. The molecule has 22 heavy (non-hydrogen) atoms. The molecule has 0 fully saturated rings. The van der Waals surface area contributed by atoms with Gasteiger partial charge < -0.3 is 4.90 Å². The maximum absolute atomic E-state index is 2.49. The predicted octanol–water partition coefficient (Wildman–Crippen LogP) is 2.96. The number of hydrogen-bond donors (Lipinski definition) is 0. The first-order valence-electron chi connectivity index (χ1n) is 7.84. The molecule has 0 aliphatic carbocycles. The van der Waals surface area contributed by atoms with Crippen LogP contribution >= 0.6 is 7.92 Å². The molecule has 1 unspecified atom stereocenters. The Morgan fingerprint density at radius 1 is 0.773 bits per heavy atom. The average molecular weight is 314 g/mol. The van der Waals surface area contributed by atoms with Crippen LogP contribution in [0.2, 0.25) is 0 Å². The zero-order valence-corrected chi connectivity index (χ0v) is 15.0. The van der Waals surface area contributed by atoms with Crippen LogP contribution in [0.1, 0.15) is 6.92 Å². The van der Waals surface area contributed by atoms with Crippen LogP contribution in [-0.4, -0.2) is 49.8 Å². The second-order valence-electron chi connectivity index (χ2n) is 5.96. The smallest absolute Gasteiger partial charge is 0.0347 e. The van der Waals surface area contributed by atoms with Gasteiger partial charge in [0.05, 0.1) is 0 Å². The Kier molecular flexibility index (Phi) is 6.57. The maximum Gasteiger partial charge on any atom is 0.0347 e. The van der Waals surface area contributed by atoms with E-state index in [2.05, 4.69) is 98.5 Å². The van der Waals surface area contributed by atoms with Crippen molar-refractivity contribution in [2.45, 2.75) is 12.7 Å². The van der Waals surface area contributed by atoms with Gasteiger partial charge >= 0.3 is 0 Å². The van der Waals surface area contributed by atoms with Gasteiger partial charge in [0, 0.05) is 18.9 Å². The van der Waals surface area contributed by atoms with Crippen LogP contribution in [0.5, 0.6) is 0 Å². The van der Waals surface area contributed by atoms with Gasteiger partial charge in [-0.25, -0.2) is 0 Å². The Labute approximate surface area is 136 Å². The zero-order valence-electron chi connectivity index (χ0n) is 14.1. The molecule has 0 saturated heterocycles. The van der Waals surface area contributed by atoms with Gasteiger partial charge in [0.15, 0.2) is 0 Å². The Balaban J connectivity index is 2.25. The number of hydrogen-bond acceptors (Lipinski definition) is 2. The van der Waals surface area contributed by atoms with Gasteiger partial charge in [0.1, 0.15) is 0 Å². The number of likely N-dealkylation sites (N-methyl/N-ethyl adjacent to an activating group) is 2. The molecule has 118 valence electrons. The van der Waals surface area contributed by atoms with E-state index in [0.29, 0.717) is 5.78 Å². The molecule has 0 amide bonds. The van der Waals surface area contributed by atoms with Gasteiger partial charge in [-0.1, -0.05) is 60.7 Å². The van der Waals surface area contributed by atoms with Gasteiger partial charge in [0.2, 0.25) is 0 Å². The average Bonchev–Trinajstić information content (AvgIpc) is 2.54. The third-order valence-electron chi connectivity index (χ3n) is 3.98. The van der Waals surface area contributed by atoms with Crippen LogP contribution in [0.25, 0.3) is 0 Å². The Morgan fingerprint density at radius 2 is 1.23 bits per heavy atom. The van der Waals surface area contributed by atoms with Gasteiger partial charge in [-0.15, -0.1) is 0 Å². The lowest BCUT2D eigenvalue weighted by Crippen LogP contribution is -2.37. The van der Waals surface area contributed by atoms with E-state index < -0.39 is 0 Å². The Morgan fingerprint density at radius 3 is 1.64 bits per heavy atom. The van der Waals surface area contributed by atoms with E-state index in [1.807, 2.05) is 0 Å². The number of benzene rings is 2. The Hall–Kier alpha value is -1.21. The third-order valence-corrected chi connectivity index (χ3v) is 6.83. The number of nitrogens with zero attached hydrogens (tertiary/aromatic N) is 2. The van der Waals surface area contributed by atoms with E-state index in [1.165, 1.54) is 10.6 Å². The summed E-state index contributed by atoms with van der Waals surface area (Å²) in [5.41, 5.74) is 0. The highest BCUT2D eigenvalue weighted by molar-refractivity contribution is 7.73. The summed E-state index contributed by atoms with van der Waals surface area (Å²) in [7, 11) is 6.14. The molecule has 3 heteroatoms. The van der Waals surface area contributed by atoms with Crippen LogP contribution in [0.3, 0.4) is 0 Å². The van der Waals surface area contributed by atoms with Crippen molar-refractivity contribution < 1.29 is 0 Å². The topological polar surface area (TPSA) is 6.48 Å². The van der Waals surface area contributed by atoms with E-state index in [1.54, 1.807) is 0 Å². The first-order valence-corrected chi connectivity index (χ1v) is 9.25. The summed E-state index contributed by atoms with van der Waals surface area (Å²) in [5.74, 6) is 0.514. The lowest BCUT2D eigenvalue weighted by Gasteiger charge is -2.33. The molecule has 0 aliphatic heterocycles. The molecule has 0 aliphatic rings. The zero-order chi connectivity index (χ0) is 15.9. The predicted molar refractivity (Wildman–Crippen MR) is 99.7 cm³/mol. The molecule has 0 aromatic heterocycles. The lowest BCUT2D eigenvalue weighted by atomic mass is 10.4. The first kappa shape index (κ1) is 17.1. The molecular formula is C19H27N2P. The molecule has 2 nitrogen and oxygen atoms in total. The van der Waals surface area contributed by atoms with Crippen LogP contribution in [0.15, 0.2) is 60.7 Å². The third kappa shape index (κ3) is 4.64. The van der Waals surface area contributed by atoms with Gasteiger partial charge in [0.25, 0.3) is 0 Å². The molecule has 0 heterocycles. The van der Waals surface area contributed by atoms with E-state index >= 15 is 0 Å². The van der Waals surface area contributed by atoms with Crippen molar-refractivity contribution in [1.29, 1.82) is 0 Å². The molecule has 2 rings (SSSR count). The van der Waals surface area contributed by atoms with Gasteiger partial charge in [-0.3, -0.25) is 4.90 Å². The normalized spacial score (nSPS) is 13.0. The van der Waals surface area contributed by atoms with E-state index in [4.69, 9.17) is 0 Å². The molecule has 0 radical (unpaired) electrons. The molecule has 0 bridgehead atoms. The monoisotopic (exact) mass is 314 g/mol. The molecule has 0 spiro atoms. The van der Waals surface area contributed by atoms with Gasteiger partial charge in [-0.05, 0) is 46.6 Å². The van der Waals surface area contributed by atoms with Crippen molar-refractivity contribution >= 4 is 18.5 Å². The standard InChI is InChI=1S/C19H27N2P/c1-17(21(4)16-15-20(2)3)22(18-11-7-5-8-12-18)19-13-9-6-10-14-19/h5-14,17H,15-16H2,1-4H3. The minimum Gasteiger partial charge on any atom is -0.308 e. The van der Waals surface area contributed by atoms with Crippen molar-refractivity contribution in [1.82, 2.24) is 9.80 Å². The fraction of sp³-hybridized carbons (Fsp3) is 0.368. The fourth-order valence-corrected chi connectivity index (χ4v) is 5.16. The second kappa shape index (κ2) is 8.43.